The van der Waals surface area contributed by atoms with Crippen LogP contribution in [0.1, 0.15) is 37.8 Å². The molecule has 2 N–H and O–H groups in total. The second-order valence-electron chi connectivity index (χ2n) is 5.21. The molecule has 2 rings (SSSR count). The van der Waals surface area contributed by atoms with Crippen LogP contribution in [0.15, 0.2) is 46.2 Å². The highest BCUT2D eigenvalue weighted by molar-refractivity contribution is 7.99. The average Bonchev–Trinajstić information content (AvgIpc) is 2.46. The largest absolute Gasteiger partial charge is 0.507 e. The smallest absolute Gasteiger partial charge is 0.129 e. The molecule has 0 aliphatic heterocycles. The van der Waals surface area contributed by atoms with Crippen molar-refractivity contribution in [1.29, 1.82) is 0 Å². The molecule has 2 nitrogen and oxygen atoms in total. The van der Waals surface area contributed by atoms with Gasteiger partial charge in [-0.2, -0.15) is 0 Å². The van der Waals surface area contributed by atoms with E-state index < -0.39 is 0 Å². The van der Waals surface area contributed by atoms with Gasteiger partial charge in [0.05, 0.1) is 9.79 Å². The van der Waals surface area contributed by atoms with E-state index in [4.69, 9.17) is 0 Å². The summed E-state index contributed by atoms with van der Waals surface area (Å²) in [5, 5.41) is 20.1. The minimum Gasteiger partial charge on any atom is -0.507 e. The van der Waals surface area contributed by atoms with Crippen molar-refractivity contribution in [2.45, 2.75) is 49.3 Å². The van der Waals surface area contributed by atoms with Gasteiger partial charge in [-0.25, -0.2) is 0 Å². The summed E-state index contributed by atoms with van der Waals surface area (Å²) in [5.41, 5.74) is 2.42. The quantitative estimate of drug-likeness (QED) is 0.775. The SMILES string of the molecule is CCCc1ccc(O)c(Sc2cc(CCC)ccc2O)c1. The van der Waals surface area contributed by atoms with Crippen molar-refractivity contribution in [1.82, 2.24) is 0 Å². The topological polar surface area (TPSA) is 40.5 Å². The molecular weight excluding hydrogens is 280 g/mol. The van der Waals surface area contributed by atoms with E-state index in [-0.39, 0.29) is 11.5 Å². The zero-order chi connectivity index (χ0) is 15.2. The normalized spacial score (nSPS) is 10.8. The Kier molecular flexibility index (Phi) is 5.57. The minimum atomic E-state index is 0.264. The number of rotatable bonds is 6. The standard InChI is InChI=1S/C18H22O2S/c1-3-5-13-7-9-15(19)17(11-13)21-18-12-14(6-4-2)8-10-16(18)20/h7-12,19-20H,3-6H2,1-2H3. The molecule has 0 heterocycles. The first kappa shape index (κ1) is 15.8. The molecule has 2 aromatic rings. The predicted molar refractivity (Wildman–Crippen MR) is 88.3 cm³/mol. The van der Waals surface area contributed by atoms with Crippen LogP contribution in [0.4, 0.5) is 0 Å². The molecule has 0 radical (unpaired) electrons. The summed E-state index contributed by atoms with van der Waals surface area (Å²) in [6, 6.07) is 11.4. The fraction of sp³-hybridized carbons (Fsp3) is 0.333. The molecule has 112 valence electrons. The van der Waals surface area contributed by atoms with Crippen molar-refractivity contribution in [3.05, 3.63) is 47.5 Å². The summed E-state index contributed by atoms with van der Waals surface area (Å²) >= 11 is 1.42. The Morgan fingerprint density at radius 2 is 1.19 bits per heavy atom. The highest BCUT2D eigenvalue weighted by Crippen LogP contribution is 2.39. The van der Waals surface area contributed by atoms with E-state index in [1.807, 2.05) is 24.3 Å². The fourth-order valence-electron chi connectivity index (χ4n) is 2.29. The van der Waals surface area contributed by atoms with Crippen LogP contribution in [-0.2, 0) is 12.8 Å². The number of hydrogen-bond acceptors (Lipinski definition) is 3. The molecule has 3 heteroatoms. The number of aryl methyl sites for hydroxylation is 2. The Bertz CT molecular complexity index is 555. The van der Waals surface area contributed by atoms with E-state index in [0.29, 0.717) is 0 Å². The van der Waals surface area contributed by atoms with E-state index in [9.17, 15) is 10.2 Å². The monoisotopic (exact) mass is 302 g/mol. The number of hydrogen-bond donors (Lipinski definition) is 2. The summed E-state index contributed by atoms with van der Waals surface area (Å²) in [4.78, 5) is 1.59. The lowest BCUT2D eigenvalue weighted by Crippen LogP contribution is -1.87. The van der Waals surface area contributed by atoms with Crippen LogP contribution in [0.25, 0.3) is 0 Å². The Morgan fingerprint density at radius 3 is 1.57 bits per heavy atom. The maximum Gasteiger partial charge on any atom is 0.129 e. The van der Waals surface area contributed by atoms with E-state index in [1.165, 1.54) is 22.9 Å². The first-order valence-electron chi connectivity index (χ1n) is 7.45. The van der Waals surface area contributed by atoms with Crippen LogP contribution in [0, 0.1) is 0 Å². The van der Waals surface area contributed by atoms with Crippen LogP contribution in [0.3, 0.4) is 0 Å². The second-order valence-corrected chi connectivity index (χ2v) is 6.29. The average molecular weight is 302 g/mol. The predicted octanol–water partition coefficient (Wildman–Crippen LogP) is 5.15. The summed E-state index contributed by atoms with van der Waals surface area (Å²) in [5.74, 6) is 0.528. The van der Waals surface area contributed by atoms with Crippen LogP contribution in [0.5, 0.6) is 11.5 Å². The molecule has 2 aromatic carbocycles. The number of phenolic OH excluding ortho intramolecular Hbond substituents is 2. The molecule has 0 spiro atoms. The highest BCUT2D eigenvalue weighted by atomic mass is 32.2. The number of benzene rings is 2. The van der Waals surface area contributed by atoms with Crippen molar-refractivity contribution in [2.75, 3.05) is 0 Å². The maximum absolute atomic E-state index is 10.0. The van der Waals surface area contributed by atoms with E-state index in [0.717, 1.165) is 35.5 Å². The Balaban J connectivity index is 2.28. The molecule has 0 unspecified atom stereocenters. The number of aromatic hydroxyl groups is 2. The highest BCUT2D eigenvalue weighted by Gasteiger charge is 2.09. The zero-order valence-electron chi connectivity index (χ0n) is 12.6. The molecule has 0 fully saturated rings. The van der Waals surface area contributed by atoms with Crippen molar-refractivity contribution >= 4 is 11.8 Å². The van der Waals surface area contributed by atoms with Gasteiger partial charge in [0.25, 0.3) is 0 Å². The third kappa shape index (κ3) is 4.18. The van der Waals surface area contributed by atoms with Gasteiger partial charge in [-0.05, 0) is 48.2 Å². The molecule has 21 heavy (non-hydrogen) atoms. The number of phenols is 2. The lowest BCUT2D eigenvalue weighted by molar-refractivity contribution is 0.459. The molecule has 0 atom stereocenters. The minimum absolute atomic E-state index is 0.264. The molecule has 0 amide bonds. The van der Waals surface area contributed by atoms with Crippen LogP contribution < -0.4 is 0 Å². The zero-order valence-corrected chi connectivity index (χ0v) is 13.4. The molecule has 0 aromatic heterocycles. The molecule has 0 saturated carbocycles. The summed E-state index contributed by atoms with van der Waals surface area (Å²) in [7, 11) is 0. The van der Waals surface area contributed by atoms with Gasteiger partial charge < -0.3 is 10.2 Å². The molecule has 0 aliphatic carbocycles. The summed E-state index contributed by atoms with van der Waals surface area (Å²) in [6.45, 7) is 4.28. The van der Waals surface area contributed by atoms with Crippen LogP contribution in [0.2, 0.25) is 0 Å². The van der Waals surface area contributed by atoms with Gasteiger partial charge >= 0.3 is 0 Å². The van der Waals surface area contributed by atoms with Crippen LogP contribution >= 0.6 is 11.8 Å². The van der Waals surface area contributed by atoms with Crippen molar-refractivity contribution in [2.24, 2.45) is 0 Å². The van der Waals surface area contributed by atoms with E-state index >= 15 is 0 Å². The molecular formula is C18H22O2S. The van der Waals surface area contributed by atoms with E-state index in [1.54, 1.807) is 12.1 Å². The van der Waals surface area contributed by atoms with Gasteiger partial charge in [0.15, 0.2) is 0 Å². The lowest BCUT2D eigenvalue weighted by Gasteiger charge is -2.10. The molecule has 0 aliphatic rings. The first-order valence-corrected chi connectivity index (χ1v) is 8.27. The van der Waals surface area contributed by atoms with Crippen LogP contribution in [-0.4, -0.2) is 10.2 Å². The van der Waals surface area contributed by atoms with Gasteiger partial charge in [-0.3, -0.25) is 0 Å². The Labute approximate surface area is 130 Å². The molecule has 0 saturated heterocycles. The van der Waals surface area contributed by atoms with Gasteiger partial charge in [-0.1, -0.05) is 50.6 Å². The van der Waals surface area contributed by atoms with Gasteiger partial charge in [0.1, 0.15) is 11.5 Å². The summed E-state index contributed by atoms with van der Waals surface area (Å²) < 4.78 is 0. The van der Waals surface area contributed by atoms with Crippen molar-refractivity contribution in [3.63, 3.8) is 0 Å². The van der Waals surface area contributed by atoms with E-state index in [2.05, 4.69) is 13.8 Å². The Morgan fingerprint density at radius 1 is 0.762 bits per heavy atom. The maximum atomic E-state index is 10.0. The van der Waals surface area contributed by atoms with Gasteiger partial charge in [0.2, 0.25) is 0 Å². The van der Waals surface area contributed by atoms with Crippen molar-refractivity contribution < 1.29 is 10.2 Å². The third-order valence-corrected chi connectivity index (χ3v) is 4.44. The van der Waals surface area contributed by atoms with Crippen molar-refractivity contribution in [3.8, 4) is 11.5 Å². The second kappa shape index (κ2) is 7.41. The fourth-order valence-corrected chi connectivity index (χ4v) is 3.29. The first-order chi connectivity index (χ1) is 10.1. The van der Waals surface area contributed by atoms with Gasteiger partial charge in [0, 0.05) is 0 Å². The summed E-state index contributed by atoms with van der Waals surface area (Å²) in [6.07, 6.45) is 4.14. The third-order valence-electron chi connectivity index (χ3n) is 3.35. The lowest BCUT2D eigenvalue weighted by atomic mass is 10.1. The van der Waals surface area contributed by atoms with Gasteiger partial charge in [-0.15, -0.1) is 0 Å². The Hall–Kier alpha value is -1.61. The molecule has 0 bridgehead atoms.